The Hall–Kier alpha value is -3.37. The number of aliphatic hydroxyl groups is 2. The van der Waals surface area contributed by atoms with Crippen molar-refractivity contribution >= 4 is 33.1 Å². The van der Waals surface area contributed by atoms with E-state index in [9.17, 15) is 28.5 Å². The molecule has 170 valence electrons. The first-order chi connectivity index (χ1) is 15.2. The molecule has 1 saturated heterocycles. The molecule has 1 fully saturated rings. The molecule has 15 heteroatoms. The molecular weight excluding hydrogens is 446 g/mol. The molecule has 3 aromatic rings. The number of aromatic hydroxyl groups is 1. The average Bonchev–Trinajstić information content (AvgIpc) is 3.29. The first kappa shape index (κ1) is 21.8. The van der Waals surface area contributed by atoms with Gasteiger partial charge in [0.05, 0.1) is 6.33 Å². The monoisotopic (exact) mass is 465 g/mol. The van der Waals surface area contributed by atoms with Crippen molar-refractivity contribution in [2.45, 2.75) is 24.5 Å². The van der Waals surface area contributed by atoms with Gasteiger partial charge in [-0.2, -0.15) is 13.1 Å². The topological polar surface area (TPSA) is 215 Å². The van der Waals surface area contributed by atoms with Gasteiger partial charge in [0, 0.05) is 12.1 Å². The third-order valence-electron chi connectivity index (χ3n) is 4.81. The summed E-state index contributed by atoms with van der Waals surface area (Å²) in [5, 5.41) is 30.1. The van der Waals surface area contributed by atoms with Crippen molar-refractivity contribution in [2.75, 3.05) is 12.3 Å². The standard InChI is InChI=1S/C17H19N7O7S/c18-14-11-15(20-6-19-14)24(7-21-11)17-13(27)12(26)10(31-17)5-22-32(29,30)23-16(28)8-2-1-3-9(25)4-8/h1-4,6-7,10,12-13,17,22,25-27H,5H2,(H,23,28)(H2,18,19,20)/t10-,12-,13-,17-/m1/s1. The van der Waals surface area contributed by atoms with Crippen LogP contribution in [0.5, 0.6) is 5.75 Å². The fraction of sp³-hybridized carbons (Fsp3) is 0.294. The SMILES string of the molecule is Nc1ncnc2c1ncn2[C@@H]1O[C@H](CNS(=O)(=O)NC(=O)c2cccc(O)c2)[C@@H](O)[C@H]1O. The van der Waals surface area contributed by atoms with E-state index in [0.717, 1.165) is 6.07 Å². The molecule has 7 N–H and O–H groups in total. The van der Waals surface area contributed by atoms with E-state index in [1.54, 1.807) is 4.72 Å². The zero-order chi connectivity index (χ0) is 23.0. The number of phenolic OH excluding ortho intramolecular Hbond substituents is 1. The van der Waals surface area contributed by atoms with Gasteiger partial charge in [-0.3, -0.25) is 9.36 Å². The zero-order valence-electron chi connectivity index (χ0n) is 16.2. The van der Waals surface area contributed by atoms with Crippen LogP contribution in [0, 0.1) is 0 Å². The Kier molecular flexibility index (Phi) is 5.66. The van der Waals surface area contributed by atoms with Gasteiger partial charge in [-0.15, -0.1) is 0 Å². The fourth-order valence-electron chi connectivity index (χ4n) is 3.24. The van der Waals surface area contributed by atoms with Crippen LogP contribution in [0.25, 0.3) is 11.2 Å². The van der Waals surface area contributed by atoms with Crippen molar-refractivity contribution in [2.24, 2.45) is 0 Å². The van der Waals surface area contributed by atoms with Gasteiger partial charge < -0.3 is 25.8 Å². The normalized spacial score (nSPS) is 23.4. The molecule has 2 aromatic heterocycles. The second kappa shape index (κ2) is 8.29. The van der Waals surface area contributed by atoms with E-state index >= 15 is 0 Å². The Morgan fingerprint density at radius 2 is 2.00 bits per heavy atom. The van der Waals surface area contributed by atoms with Crippen LogP contribution in [0.4, 0.5) is 5.82 Å². The summed E-state index contributed by atoms with van der Waals surface area (Å²) in [6.45, 7) is -0.457. The third kappa shape index (κ3) is 4.19. The van der Waals surface area contributed by atoms with Gasteiger partial charge in [0.1, 0.15) is 35.9 Å². The minimum absolute atomic E-state index is 0.0729. The van der Waals surface area contributed by atoms with Crippen molar-refractivity contribution in [3.05, 3.63) is 42.5 Å². The quantitative estimate of drug-likeness (QED) is 0.234. The molecule has 0 unspecified atom stereocenters. The number of nitrogens with zero attached hydrogens (tertiary/aromatic N) is 4. The first-order valence-electron chi connectivity index (χ1n) is 9.21. The van der Waals surface area contributed by atoms with Gasteiger partial charge in [0.25, 0.3) is 5.91 Å². The van der Waals surface area contributed by atoms with Crippen molar-refractivity contribution in [3.8, 4) is 5.75 Å². The molecule has 1 aliphatic rings. The van der Waals surface area contributed by atoms with Crippen LogP contribution in [-0.4, -0.2) is 74.0 Å². The van der Waals surface area contributed by atoms with Gasteiger partial charge in [0.2, 0.25) is 0 Å². The number of nitrogens with one attached hydrogen (secondary N) is 2. The number of phenols is 1. The van der Waals surface area contributed by atoms with E-state index in [2.05, 4.69) is 19.7 Å². The molecule has 0 spiro atoms. The lowest BCUT2D eigenvalue weighted by atomic mass is 10.1. The molecule has 1 amide bonds. The third-order valence-corrected chi connectivity index (χ3v) is 5.81. The van der Waals surface area contributed by atoms with Crippen LogP contribution in [0.1, 0.15) is 16.6 Å². The second-order valence-electron chi connectivity index (χ2n) is 6.96. The molecule has 1 aromatic carbocycles. The second-order valence-corrected chi connectivity index (χ2v) is 8.46. The maximum absolute atomic E-state index is 12.2. The number of imidazole rings is 1. The molecule has 32 heavy (non-hydrogen) atoms. The van der Waals surface area contributed by atoms with Crippen LogP contribution in [0.3, 0.4) is 0 Å². The number of aromatic nitrogens is 4. The highest BCUT2D eigenvalue weighted by molar-refractivity contribution is 7.88. The lowest BCUT2D eigenvalue weighted by molar-refractivity contribution is -0.0330. The Morgan fingerprint density at radius 1 is 1.22 bits per heavy atom. The summed E-state index contributed by atoms with van der Waals surface area (Å²) >= 11 is 0. The van der Waals surface area contributed by atoms with Gasteiger partial charge >= 0.3 is 10.2 Å². The molecule has 0 aliphatic carbocycles. The highest BCUT2D eigenvalue weighted by Crippen LogP contribution is 2.31. The predicted molar refractivity (Wildman–Crippen MR) is 108 cm³/mol. The maximum Gasteiger partial charge on any atom is 0.301 e. The van der Waals surface area contributed by atoms with Crippen LogP contribution in [-0.2, 0) is 14.9 Å². The van der Waals surface area contributed by atoms with Crippen LogP contribution in [0.2, 0.25) is 0 Å². The number of anilines is 1. The van der Waals surface area contributed by atoms with Gasteiger partial charge in [-0.05, 0) is 18.2 Å². The largest absolute Gasteiger partial charge is 0.508 e. The highest BCUT2D eigenvalue weighted by atomic mass is 32.2. The number of hydrogen-bond donors (Lipinski definition) is 6. The summed E-state index contributed by atoms with van der Waals surface area (Å²) in [6, 6.07) is 5.13. The minimum atomic E-state index is -4.34. The fourth-order valence-corrected chi connectivity index (χ4v) is 4.06. The number of nitrogens with two attached hydrogens (primary N) is 1. The molecule has 4 rings (SSSR count). The van der Waals surface area contributed by atoms with E-state index in [1.165, 1.54) is 35.4 Å². The summed E-state index contributed by atoms with van der Waals surface area (Å²) in [4.78, 5) is 24.0. The minimum Gasteiger partial charge on any atom is -0.508 e. The smallest absolute Gasteiger partial charge is 0.301 e. The molecule has 14 nitrogen and oxygen atoms in total. The number of aliphatic hydroxyl groups excluding tert-OH is 2. The molecule has 3 heterocycles. The maximum atomic E-state index is 12.2. The number of benzene rings is 1. The van der Waals surface area contributed by atoms with Gasteiger partial charge in [0.15, 0.2) is 17.7 Å². The lowest BCUT2D eigenvalue weighted by Gasteiger charge is -2.16. The Morgan fingerprint density at radius 3 is 2.75 bits per heavy atom. The average molecular weight is 465 g/mol. The summed E-state index contributed by atoms with van der Waals surface area (Å²) in [5.74, 6) is -1.06. The number of amides is 1. The van der Waals surface area contributed by atoms with Gasteiger partial charge in [-0.25, -0.2) is 19.7 Å². The lowest BCUT2D eigenvalue weighted by Crippen LogP contribution is -2.45. The predicted octanol–water partition coefficient (Wildman–Crippen LogP) is -2.00. The Bertz CT molecular complexity index is 1270. The molecule has 0 saturated carbocycles. The van der Waals surface area contributed by atoms with Crippen LogP contribution in [0.15, 0.2) is 36.9 Å². The molecule has 0 bridgehead atoms. The molecule has 0 radical (unpaired) electrons. The molecular formula is C17H19N7O7S. The van der Waals surface area contributed by atoms with E-state index in [4.69, 9.17) is 10.5 Å². The zero-order valence-corrected chi connectivity index (χ0v) is 17.0. The number of rotatable bonds is 6. The number of nitrogen functional groups attached to an aromatic ring is 1. The highest BCUT2D eigenvalue weighted by Gasteiger charge is 2.44. The number of carbonyl (C=O) groups excluding carboxylic acids is 1. The summed E-state index contributed by atoms with van der Waals surface area (Å²) in [7, 11) is -4.34. The van der Waals surface area contributed by atoms with Crippen molar-refractivity contribution in [1.82, 2.24) is 29.0 Å². The van der Waals surface area contributed by atoms with Gasteiger partial charge in [-0.1, -0.05) is 6.07 Å². The number of ether oxygens (including phenoxy) is 1. The number of hydrogen-bond acceptors (Lipinski definition) is 11. The number of fused-ring (bicyclic) bond motifs is 1. The van der Waals surface area contributed by atoms with Crippen molar-refractivity contribution < 1.29 is 33.3 Å². The van der Waals surface area contributed by atoms with Crippen LogP contribution >= 0.6 is 0 Å². The van der Waals surface area contributed by atoms with Crippen molar-refractivity contribution in [3.63, 3.8) is 0 Å². The molecule has 1 aliphatic heterocycles. The van der Waals surface area contributed by atoms with E-state index < -0.39 is 47.2 Å². The van der Waals surface area contributed by atoms with Crippen molar-refractivity contribution in [1.29, 1.82) is 0 Å². The Balaban J connectivity index is 1.43. The van der Waals surface area contributed by atoms with E-state index in [-0.39, 0.29) is 28.3 Å². The summed E-state index contributed by atoms with van der Waals surface area (Å²) in [5.41, 5.74) is 6.20. The Labute approximate surface area is 180 Å². The first-order valence-corrected chi connectivity index (χ1v) is 10.7. The molecule has 4 atom stereocenters. The summed E-state index contributed by atoms with van der Waals surface area (Å²) in [6.07, 6.45) is -2.66. The van der Waals surface area contributed by atoms with E-state index in [0.29, 0.717) is 0 Å². The summed E-state index contributed by atoms with van der Waals surface area (Å²) < 4.78 is 35.3. The van der Waals surface area contributed by atoms with Crippen LogP contribution < -0.4 is 15.2 Å². The number of carbonyl (C=O) groups is 1. The van der Waals surface area contributed by atoms with E-state index in [1.807, 2.05) is 0 Å².